The summed E-state index contributed by atoms with van der Waals surface area (Å²) in [6.07, 6.45) is 2.73. The molecular formula is C16H22ClN3O2. The van der Waals surface area contributed by atoms with Gasteiger partial charge >= 0.3 is 0 Å². The zero-order valence-corrected chi connectivity index (χ0v) is 13.6. The van der Waals surface area contributed by atoms with Gasteiger partial charge in [0, 0.05) is 18.8 Å². The lowest BCUT2D eigenvalue weighted by molar-refractivity contribution is -0.117. The van der Waals surface area contributed by atoms with E-state index in [1.807, 2.05) is 11.0 Å². The van der Waals surface area contributed by atoms with E-state index >= 15 is 0 Å². The van der Waals surface area contributed by atoms with Gasteiger partial charge in [0.1, 0.15) is 6.07 Å². The number of nitrogens with zero attached hydrogens (tertiary/aromatic N) is 2. The first-order valence-electron chi connectivity index (χ1n) is 7.43. The number of carbonyl (C=O) groups is 1. The molecule has 0 aliphatic heterocycles. The van der Waals surface area contributed by atoms with Crippen LogP contribution in [0.25, 0.3) is 0 Å². The number of halogens is 1. The molecule has 6 heteroatoms. The molecule has 0 bridgehead atoms. The molecule has 0 aromatic heterocycles. The lowest BCUT2D eigenvalue weighted by atomic mass is 10.2. The van der Waals surface area contributed by atoms with Crippen LogP contribution < -0.4 is 5.32 Å². The molecule has 1 aromatic rings. The van der Waals surface area contributed by atoms with Crippen LogP contribution in [-0.2, 0) is 4.79 Å². The normalized spacial score (nSPS) is 10.5. The Balaban J connectivity index is 2.58. The summed E-state index contributed by atoms with van der Waals surface area (Å²) >= 11 is 5.94. The molecule has 0 spiro atoms. The molecule has 0 saturated heterocycles. The summed E-state index contributed by atoms with van der Waals surface area (Å²) in [4.78, 5) is 14.1. The minimum atomic E-state index is -0.130. The second-order valence-corrected chi connectivity index (χ2v) is 5.47. The van der Waals surface area contributed by atoms with Crippen LogP contribution in [0, 0.1) is 11.3 Å². The fraction of sp³-hybridized carbons (Fsp3) is 0.500. The van der Waals surface area contributed by atoms with Gasteiger partial charge < -0.3 is 10.4 Å². The Morgan fingerprint density at radius 1 is 1.41 bits per heavy atom. The van der Waals surface area contributed by atoms with E-state index in [1.165, 1.54) is 0 Å². The molecule has 0 aliphatic carbocycles. The molecule has 0 radical (unpaired) electrons. The number of aliphatic hydroxyl groups excluding tert-OH is 1. The summed E-state index contributed by atoms with van der Waals surface area (Å²) < 4.78 is 0. The quantitative estimate of drug-likeness (QED) is 0.732. The van der Waals surface area contributed by atoms with Gasteiger partial charge in [-0.25, -0.2) is 0 Å². The number of amides is 1. The average molecular weight is 324 g/mol. The Bertz CT molecular complexity index is 521. The van der Waals surface area contributed by atoms with Gasteiger partial charge in [0.05, 0.1) is 17.1 Å². The molecule has 1 rings (SSSR count). The molecule has 120 valence electrons. The van der Waals surface area contributed by atoms with Gasteiger partial charge in [-0.2, -0.15) is 5.26 Å². The van der Waals surface area contributed by atoms with Gasteiger partial charge in [0.25, 0.3) is 0 Å². The minimum Gasteiger partial charge on any atom is -0.396 e. The van der Waals surface area contributed by atoms with E-state index in [1.54, 1.807) is 18.2 Å². The van der Waals surface area contributed by atoms with Crippen molar-refractivity contribution in [1.82, 2.24) is 4.90 Å². The van der Waals surface area contributed by atoms with Crippen LogP contribution in [0.3, 0.4) is 0 Å². The third-order valence-electron chi connectivity index (χ3n) is 3.20. The summed E-state index contributed by atoms with van der Waals surface area (Å²) in [5, 5.41) is 20.9. The molecule has 1 aromatic carbocycles. The maximum absolute atomic E-state index is 12.1. The van der Waals surface area contributed by atoms with E-state index in [9.17, 15) is 4.79 Å². The van der Waals surface area contributed by atoms with Gasteiger partial charge in [-0.15, -0.1) is 0 Å². The highest BCUT2D eigenvalue weighted by atomic mass is 35.5. The van der Waals surface area contributed by atoms with Crippen molar-refractivity contribution in [1.29, 1.82) is 5.26 Å². The smallest absolute Gasteiger partial charge is 0.238 e. The van der Waals surface area contributed by atoms with Crippen molar-refractivity contribution in [3.8, 4) is 6.07 Å². The third kappa shape index (κ3) is 6.44. The summed E-state index contributed by atoms with van der Waals surface area (Å²) in [6, 6.07) is 6.79. The first-order chi connectivity index (χ1) is 10.6. The SMILES string of the molecule is CCCCN(CCCO)CC(=O)Nc1ccc(C#N)c(Cl)c1. The van der Waals surface area contributed by atoms with Crippen molar-refractivity contribution in [3.05, 3.63) is 28.8 Å². The fourth-order valence-corrected chi connectivity index (χ4v) is 2.26. The Morgan fingerprint density at radius 3 is 2.73 bits per heavy atom. The molecule has 0 heterocycles. The average Bonchev–Trinajstić information content (AvgIpc) is 2.50. The molecular weight excluding hydrogens is 302 g/mol. The van der Waals surface area contributed by atoms with Crippen molar-refractivity contribution >= 4 is 23.2 Å². The van der Waals surface area contributed by atoms with E-state index in [2.05, 4.69) is 12.2 Å². The van der Waals surface area contributed by atoms with Crippen molar-refractivity contribution < 1.29 is 9.90 Å². The molecule has 0 aliphatic rings. The van der Waals surface area contributed by atoms with Crippen LogP contribution in [0.2, 0.25) is 5.02 Å². The summed E-state index contributed by atoms with van der Waals surface area (Å²) in [5.41, 5.74) is 0.957. The standard InChI is InChI=1S/C16H22ClN3O2/c1-2-3-7-20(8-4-9-21)12-16(22)19-14-6-5-13(11-18)15(17)10-14/h5-6,10,21H,2-4,7-9,12H2,1H3,(H,19,22). The number of hydrogen-bond acceptors (Lipinski definition) is 4. The van der Waals surface area contributed by atoms with E-state index in [0.717, 1.165) is 19.4 Å². The highest BCUT2D eigenvalue weighted by molar-refractivity contribution is 6.32. The van der Waals surface area contributed by atoms with Crippen molar-refractivity contribution in [3.63, 3.8) is 0 Å². The highest BCUT2D eigenvalue weighted by Crippen LogP contribution is 2.20. The van der Waals surface area contributed by atoms with Gasteiger partial charge in [0.2, 0.25) is 5.91 Å². The predicted molar refractivity (Wildman–Crippen MR) is 87.8 cm³/mol. The van der Waals surface area contributed by atoms with Crippen LogP contribution in [-0.4, -0.2) is 42.2 Å². The molecule has 0 saturated carbocycles. The number of rotatable bonds is 9. The number of aliphatic hydroxyl groups is 1. The number of anilines is 1. The Labute approximate surface area is 136 Å². The number of unbranched alkanes of at least 4 members (excludes halogenated alkanes) is 1. The number of carbonyl (C=O) groups excluding carboxylic acids is 1. The summed E-state index contributed by atoms with van der Waals surface area (Å²) in [5.74, 6) is -0.130. The Hall–Kier alpha value is -1.61. The molecule has 0 fully saturated rings. The minimum absolute atomic E-state index is 0.121. The number of benzene rings is 1. The lowest BCUT2D eigenvalue weighted by Gasteiger charge is -2.21. The molecule has 2 N–H and O–H groups in total. The lowest BCUT2D eigenvalue weighted by Crippen LogP contribution is -2.35. The molecule has 5 nitrogen and oxygen atoms in total. The Kier molecular flexibility index (Phi) is 8.53. The molecule has 0 unspecified atom stereocenters. The third-order valence-corrected chi connectivity index (χ3v) is 3.51. The zero-order valence-electron chi connectivity index (χ0n) is 12.8. The Morgan fingerprint density at radius 2 is 2.14 bits per heavy atom. The van der Waals surface area contributed by atoms with Crippen LogP contribution in [0.5, 0.6) is 0 Å². The number of hydrogen-bond donors (Lipinski definition) is 2. The molecule has 1 amide bonds. The van der Waals surface area contributed by atoms with Crippen molar-refractivity contribution in [2.75, 3.05) is 31.6 Å². The molecule has 22 heavy (non-hydrogen) atoms. The number of nitriles is 1. The van der Waals surface area contributed by atoms with E-state index < -0.39 is 0 Å². The summed E-state index contributed by atoms with van der Waals surface area (Å²) in [6.45, 7) is 4.02. The van der Waals surface area contributed by atoms with Crippen LogP contribution in [0.15, 0.2) is 18.2 Å². The second-order valence-electron chi connectivity index (χ2n) is 5.06. The second kappa shape index (κ2) is 10.2. The maximum atomic E-state index is 12.1. The first kappa shape index (κ1) is 18.4. The van der Waals surface area contributed by atoms with E-state index in [4.69, 9.17) is 22.0 Å². The van der Waals surface area contributed by atoms with E-state index in [0.29, 0.717) is 29.2 Å². The van der Waals surface area contributed by atoms with Gasteiger partial charge in [-0.1, -0.05) is 24.9 Å². The number of nitrogens with one attached hydrogen (secondary N) is 1. The van der Waals surface area contributed by atoms with Gasteiger partial charge in [0.15, 0.2) is 0 Å². The predicted octanol–water partition coefficient (Wildman–Crippen LogP) is 2.63. The van der Waals surface area contributed by atoms with Gasteiger partial charge in [-0.05, 0) is 37.6 Å². The van der Waals surface area contributed by atoms with Gasteiger partial charge in [-0.3, -0.25) is 9.69 Å². The maximum Gasteiger partial charge on any atom is 0.238 e. The fourth-order valence-electron chi connectivity index (χ4n) is 2.03. The largest absolute Gasteiger partial charge is 0.396 e. The topological polar surface area (TPSA) is 76.4 Å². The highest BCUT2D eigenvalue weighted by Gasteiger charge is 2.11. The zero-order chi connectivity index (χ0) is 16.4. The van der Waals surface area contributed by atoms with E-state index in [-0.39, 0.29) is 19.1 Å². The first-order valence-corrected chi connectivity index (χ1v) is 7.81. The van der Waals surface area contributed by atoms with Crippen LogP contribution >= 0.6 is 11.6 Å². The molecule has 0 atom stereocenters. The summed E-state index contributed by atoms with van der Waals surface area (Å²) in [7, 11) is 0. The van der Waals surface area contributed by atoms with Crippen molar-refractivity contribution in [2.24, 2.45) is 0 Å². The monoisotopic (exact) mass is 323 g/mol. The van der Waals surface area contributed by atoms with Crippen molar-refractivity contribution in [2.45, 2.75) is 26.2 Å². The van der Waals surface area contributed by atoms with Crippen LogP contribution in [0.1, 0.15) is 31.7 Å². The van der Waals surface area contributed by atoms with Crippen LogP contribution in [0.4, 0.5) is 5.69 Å².